The number of rotatable bonds is 8. The number of hydrogen-bond acceptors (Lipinski definition) is 4. The smallest absolute Gasteiger partial charge is 0.211 e. The molecule has 0 aliphatic heterocycles. The van der Waals surface area contributed by atoms with Gasteiger partial charge in [0.25, 0.3) is 0 Å². The second-order valence-corrected chi connectivity index (χ2v) is 5.51. The van der Waals surface area contributed by atoms with Crippen molar-refractivity contribution in [2.24, 2.45) is 21.8 Å². The first kappa shape index (κ1) is 15.8. The molecule has 0 amide bonds. The summed E-state index contributed by atoms with van der Waals surface area (Å²) in [6.07, 6.45) is 12.5. The highest BCUT2D eigenvalue weighted by Gasteiger charge is 2.29. The number of nitrogens with zero attached hydrogens (tertiary/aromatic N) is 2. The Hall–Kier alpha value is -1.24. The highest BCUT2D eigenvalue weighted by atomic mass is 16.1. The van der Waals surface area contributed by atoms with Crippen LogP contribution in [0.15, 0.2) is 9.98 Å². The van der Waals surface area contributed by atoms with Crippen LogP contribution in [0.2, 0.25) is 0 Å². The molecule has 1 aliphatic carbocycles. The van der Waals surface area contributed by atoms with Gasteiger partial charge in [0, 0.05) is 0 Å². The molecule has 106 valence electrons. The monoisotopic (exact) mass is 264 g/mol. The van der Waals surface area contributed by atoms with E-state index in [0.717, 1.165) is 25.7 Å². The Bertz CT molecular complexity index is 344. The predicted molar refractivity (Wildman–Crippen MR) is 74.5 cm³/mol. The van der Waals surface area contributed by atoms with E-state index in [0.29, 0.717) is 18.4 Å². The van der Waals surface area contributed by atoms with Crippen molar-refractivity contribution in [1.29, 1.82) is 0 Å². The molecule has 0 aromatic heterocycles. The van der Waals surface area contributed by atoms with Crippen LogP contribution in [0.25, 0.3) is 0 Å². The molecule has 0 N–H and O–H groups in total. The van der Waals surface area contributed by atoms with Crippen molar-refractivity contribution in [2.45, 2.75) is 64.3 Å². The standard InChI is InChI=1S/C15H24N2O2/c1-2-3-4-5-6-14-8-7-13(10-16-11-18)9-15(14)17-12-19/h13-15H,2-10H2,1H3. The molecule has 4 heteroatoms. The average molecular weight is 264 g/mol. The van der Waals surface area contributed by atoms with Crippen LogP contribution in [0.3, 0.4) is 0 Å². The fourth-order valence-electron chi connectivity index (χ4n) is 3.02. The summed E-state index contributed by atoms with van der Waals surface area (Å²) in [6.45, 7) is 2.73. The van der Waals surface area contributed by atoms with E-state index in [1.54, 1.807) is 12.2 Å². The highest BCUT2D eigenvalue weighted by molar-refractivity contribution is 5.34. The van der Waals surface area contributed by atoms with Gasteiger partial charge in [-0.1, -0.05) is 32.6 Å². The Balaban J connectivity index is 2.43. The first-order valence-electron chi connectivity index (χ1n) is 7.42. The van der Waals surface area contributed by atoms with Crippen LogP contribution in [0.1, 0.15) is 58.3 Å². The van der Waals surface area contributed by atoms with Gasteiger partial charge in [0.05, 0.1) is 12.6 Å². The average Bonchev–Trinajstić information content (AvgIpc) is 2.43. The second-order valence-electron chi connectivity index (χ2n) is 5.51. The van der Waals surface area contributed by atoms with Gasteiger partial charge in [0.15, 0.2) is 0 Å². The molecule has 1 fully saturated rings. The maximum absolute atomic E-state index is 10.5. The topological polar surface area (TPSA) is 58.9 Å². The molecule has 0 saturated heterocycles. The summed E-state index contributed by atoms with van der Waals surface area (Å²) in [6, 6.07) is 0.0831. The molecule has 0 spiro atoms. The van der Waals surface area contributed by atoms with Crippen molar-refractivity contribution in [3.63, 3.8) is 0 Å². The van der Waals surface area contributed by atoms with Gasteiger partial charge in [0.1, 0.15) is 0 Å². The van der Waals surface area contributed by atoms with Gasteiger partial charge in [-0.2, -0.15) is 0 Å². The summed E-state index contributed by atoms with van der Waals surface area (Å²) < 4.78 is 0. The SMILES string of the molecule is CCCCCCC1CCC(CN=C=O)CC1N=C=O. The molecule has 1 rings (SSSR count). The molecule has 0 aromatic rings. The molecule has 1 aliphatic rings. The largest absolute Gasteiger partial charge is 0.235 e. The quantitative estimate of drug-likeness (QED) is 0.383. The van der Waals surface area contributed by atoms with Crippen LogP contribution >= 0.6 is 0 Å². The third kappa shape index (κ3) is 5.96. The third-order valence-corrected chi connectivity index (χ3v) is 4.13. The summed E-state index contributed by atoms with van der Waals surface area (Å²) in [5, 5.41) is 0. The lowest BCUT2D eigenvalue weighted by Gasteiger charge is -2.32. The van der Waals surface area contributed by atoms with Gasteiger partial charge in [-0.15, -0.1) is 0 Å². The fraction of sp³-hybridized carbons (Fsp3) is 0.867. The van der Waals surface area contributed by atoms with Gasteiger partial charge < -0.3 is 0 Å². The number of aliphatic imine (C=N–C) groups is 2. The number of unbranched alkanes of at least 4 members (excludes halogenated alkanes) is 3. The van der Waals surface area contributed by atoms with Crippen LogP contribution in [0, 0.1) is 11.8 Å². The van der Waals surface area contributed by atoms with Crippen molar-refractivity contribution >= 4 is 12.2 Å². The van der Waals surface area contributed by atoms with E-state index in [4.69, 9.17) is 0 Å². The van der Waals surface area contributed by atoms with Gasteiger partial charge >= 0.3 is 0 Å². The molecule has 19 heavy (non-hydrogen) atoms. The van der Waals surface area contributed by atoms with Crippen molar-refractivity contribution in [3.8, 4) is 0 Å². The number of isocyanates is 2. The lowest BCUT2D eigenvalue weighted by atomic mass is 9.76. The zero-order chi connectivity index (χ0) is 13.9. The summed E-state index contributed by atoms with van der Waals surface area (Å²) in [7, 11) is 0. The zero-order valence-corrected chi connectivity index (χ0v) is 11.8. The van der Waals surface area contributed by atoms with Crippen LogP contribution in [-0.4, -0.2) is 24.7 Å². The van der Waals surface area contributed by atoms with E-state index in [9.17, 15) is 9.59 Å². The summed E-state index contributed by atoms with van der Waals surface area (Å²) in [5.74, 6) is 0.880. The molecule has 0 bridgehead atoms. The summed E-state index contributed by atoms with van der Waals surface area (Å²) in [5.41, 5.74) is 0. The second kappa shape index (κ2) is 9.66. The highest BCUT2D eigenvalue weighted by Crippen LogP contribution is 2.34. The van der Waals surface area contributed by atoms with Gasteiger partial charge in [0.2, 0.25) is 12.2 Å². The van der Waals surface area contributed by atoms with E-state index in [1.807, 2.05) is 0 Å². The molecule has 4 nitrogen and oxygen atoms in total. The van der Waals surface area contributed by atoms with Crippen molar-refractivity contribution in [3.05, 3.63) is 0 Å². The Morgan fingerprint density at radius 3 is 2.63 bits per heavy atom. The lowest BCUT2D eigenvalue weighted by Crippen LogP contribution is -2.29. The lowest BCUT2D eigenvalue weighted by molar-refractivity contribution is 0.228. The Labute approximate surface area is 115 Å². The molecular formula is C15H24N2O2. The molecule has 0 radical (unpaired) electrons. The molecular weight excluding hydrogens is 240 g/mol. The zero-order valence-electron chi connectivity index (χ0n) is 11.8. The first-order valence-corrected chi connectivity index (χ1v) is 7.42. The van der Waals surface area contributed by atoms with Gasteiger partial charge in [-0.25, -0.2) is 19.6 Å². The molecule has 1 saturated carbocycles. The summed E-state index contributed by atoms with van der Waals surface area (Å²) in [4.78, 5) is 28.3. The van der Waals surface area contributed by atoms with Gasteiger partial charge in [-0.05, 0) is 37.5 Å². The molecule has 0 heterocycles. The van der Waals surface area contributed by atoms with Crippen molar-refractivity contribution in [1.82, 2.24) is 0 Å². The number of hydrogen-bond donors (Lipinski definition) is 0. The van der Waals surface area contributed by atoms with Crippen LogP contribution in [0.4, 0.5) is 0 Å². The van der Waals surface area contributed by atoms with E-state index in [1.165, 1.54) is 25.7 Å². The van der Waals surface area contributed by atoms with E-state index < -0.39 is 0 Å². The normalized spacial score (nSPS) is 26.3. The van der Waals surface area contributed by atoms with Crippen LogP contribution in [-0.2, 0) is 9.59 Å². The molecule has 3 unspecified atom stereocenters. The minimum atomic E-state index is 0.0831. The summed E-state index contributed by atoms with van der Waals surface area (Å²) >= 11 is 0. The number of carbonyl (C=O) groups excluding carboxylic acids is 2. The minimum Gasteiger partial charge on any atom is -0.211 e. The van der Waals surface area contributed by atoms with Crippen molar-refractivity contribution in [2.75, 3.05) is 6.54 Å². The minimum absolute atomic E-state index is 0.0831. The molecule has 3 atom stereocenters. The van der Waals surface area contributed by atoms with E-state index in [-0.39, 0.29) is 6.04 Å². The van der Waals surface area contributed by atoms with Crippen LogP contribution < -0.4 is 0 Å². The first-order chi connectivity index (χ1) is 9.31. The Morgan fingerprint density at radius 1 is 1.11 bits per heavy atom. The predicted octanol–water partition coefficient (Wildman–Crippen LogP) is 3.41. The fourth-order valence-corrected chi connectivity index (χ4v) is 3.02. The van der Waals surface area contributed by atoms with E-state index in [2.05, 4.69) is 16.9 Å². The maximum Gasteiger partial charge on any atom is 0.235 e. The molecule has 0 aromatic carbocycles. The third-order valence-electron chi connectivity index (χ3n) is 4.13. The maximum atomic E-state index is 10.5. The van der Waals surface area contributed by atoms with Crippen LogP contribution in [0.5, 0.6) is 0 Å². The van der Waals surface area contributed by atoms with E-state index >= 15 is 0 Å². The Morgan fingerprint density at radius 2 is 1.95 bits per heavy atom. The van der Waals surface area contributed by atoms with Crippen molar-refractivity contribution < 1.29 is 9.59 Å². The Kier molecular flexibility index (Phi) is 8.04. The van der Waals surface area contributed by atoms with Gasteiger partial charge in [-0.3, -0.25) is 0 Å².